The maximum Gasteiger partial charge on any atom is 0.115 e. The van der Waals surface area contributed by atoms with Gasteiger partial charge in [-0.05, 0) is 79.0 Å². The molecule has 1 aromatic rings. The zero-order valence-electron chi connectivity index (χ0n) is 13.2. The highest BCUT2D eigenvalue weighted by Gasteiger charge is 2.58. The largest absolute Gasteiger partial charge is 0.508 e. The predicted molar refractivity (Wildman–Crippen MR) is 84.7 cm³/mol. The number of phenols is 1. The normalized spacial score (nSPS) is 41.5. The van der Waals surface area contributed by atoms with Crippen molar-refractivity contribution in [2.45, 2.75) is 56.1 Å². The molecule has 0 heterocycles. The van der Waals surface area contributed by atoms with Crippen molar-refractivity contribution in [1.29, 1.82) is 5.26 Å². The molecular weight excluding hydrogens is 290 g/mol. The molecule has 2 saturated carbocycles. The lowest BCUT2D eigenvalue weighted by molar-refractivity contribution is -0.0894. The lowest BCUT2D eigenvalue weighted by Crippen LogP contribution is -2.46. The summed E-state index contributed by atoms with van der Waals surface area (Å²) >= 11 is 0. The van der Waals surface area contributed by atoms with E-state index in [0.29, 0.717) is 29.9 Å². The number of rotatable bonds is 1. The Hall–Kier alpha value is -1.57. The van der Waals surface area contributed by atoms with Crippen molar-refractivity contribution in [3.05, 3.63) is 29.3 Å². The van der Waals surface area contributed by atoms with Gasteiger partial charge < -0.3 is 15.3 Å². The van der Waals surface area contributed by atoms with E-state index < -0.39 is 11.7 Å². The number of aryl methyl sites for hydroxylation is 1. The van der Waals surface area contributed by atoms with Gasteiger partial charge >= 0.3 is 0 Å². The molecule has 0 spiro atoms. The van der Waals surface area contributed by atoms with Crippen molar-refractivity contribution >= 4 is 0 Å². The van der Waals surface area contributed by atoms with Crippen LogP contribution in [0.5, 0.6) is 5.75 Å². The zero-order valence-corrected chi connectivity index (χ0v) is 13.2. The lowest BCUT2D eigenvalue weighted by Gasteiger charge is -2.46. The third kappa shape index (κ3) is 2.10. The number of phenolic OH excluding ortho intramolecular Hbond substituents is 1. The highest BCUT2D eigenvalue weighted by Crippen LogP contribution is 2.58. The lowest BCUT2D eigenvalue weighted by atomic mass is 9.59. The number of hydrogen-bond donors (Lipinski definition) is 3. The summed E-state index contributed by atoms with van der Waals surface area (Å²) in [4.78, 5) is 0. The smallest absolute Gasteiger partial charge is 0.115 e. The molecule has 2 fully saturated rings. The van der Waals surface area contributed by atoms with Gasteiger partial charge in [-0.1, -0.05) is 6.07 Å². The second-order valence-electron chi connectivity index (χ2n) is 7.62. The molecule has 3 N–H and O–H groups in total. The first kappa shape index (κ1) is 15.0. The fourth-order valence-corrected chi connectivity index (χ4v) is 5.72. The molecule has 0 aliphatic heterocycles. The number of aliphatic hydroxyl groups is 2. The summed E-state index contributed by atoms with van der Waals surface area (Å²) < 4.78 is 0. The topological polar surface area (TPSA) is 84.5 Å². The third-order valence-electron chi connectivity index (χ3n) is 6.72. The van der Waals surface area contributed by atoms with E-state index in [1.807, 2.05) is 6.07 Å². The second-order valence-corrected chi connectivity index (χ2v) is 7.62. The fraction of sp³-hybridized carbons (Fsp3) is 0.632. The van der Waals surface area contributed by atoms with Crippen LogP contribution in [-0.2, 0) is 6.42 Å². The molecule has 0 radical (unpaired) electrons. The standard InChI is InChI=1S/C19H23NO3/c20-8-7-19(23)17-6-5-14-13-4-2-12(21)9-11(13)1-3-15(14)16(17)10-18(19)22/h2,4,9,14-18,21-23H,1,3,5-7,10H2. The minimum Gasteiger partial charge on any atom is -0.508 e. The molecule has 3 aliphatic rings. The van der Waals surface area contributed by atoms with Crippen LogP contribution < -0.4 is 0 Å². The Morgan fingerprint density at radius 3 is 2.83 bits per heavy atom. The van der Waals surface area contributed by atoms with Gasteiger partial charge in [0.05, 0.1) is 18.6 Å². The van der Waals surface area contributed by atoms with Crippen LogP contribution in [0.25, 0.3) is 0 Å². The predicted octanol–water partition coefficient (Wildman–Crippen LogP) is 2.47. The zero-order chi connectivity index (χ0) is 16.2. The Labute approximate surface area is 136 Å². The highest BCUT2D eigenvalue weighted by molar-refractivity contribution is 5.40. The molecule has 23 heavy (non-hydrogen) atoms. The van der Waals surface area contributed by atoms with E-state index in [1.165, 1.54) is 11.1 Å². The van der Waals surface area contributed by atoms with Crippen LogP contribution in [-0.4, -0.2) is 27.0 Å². The van der Waals surface area contributed by atoms with E-state index in [9.17, 15) is 15.3 Å². The first-order valence-corrected chi connectivity index (χ1v) is 8.63. The number of benzene rings is 1. The van der Waals surface area contributed by atoms with Crippen molar-refractivity contribution in [3.8, 4) is 11.8 Å². The number of nitriles is 1. The molecule has 0 aromatic heterocycles. The third-order valence-corrected chi connectivity index (χ3v) is 6.72. The first-order valence-electron chi connectivity index (χ1n) is 8.63. The summed E-state index contributed by atoms with van der Waals surface area (Å²) in [5.41, 5.74) is 1.36. The highest BCUT2D eigenvalue weighted by atomic mass is 16.3. The number of hydrogen-bond acceptors (Lipinski definition) is 4. The molecule has 122 valence electrons. The minimum absolute atomic E-state index is 0.0250. The van der Waals surface area contributed by atoms with Crippen LogP contribution in [0.3, 0.4) is 0 Å². The summed E-state index contributed by atoms with van der Waals surface area (Å²) in [5.74, 6) is 1.59. The molecule has 6 atom stereocenters. The van der Waals surface area contributed by atoms with Crippen molar-refractivity contribution in [3.63, 3.8) is 0 Å². The van der Waals surface area contributed by atoms with E-state index in [2.05, 4.69) is 12.1 Å². The maximum absolute atomic E-state index is 10.9. The van der Waals surface area contributed by atoms with Crippen molar-refractivity contribution in [1.82, 2.24) is 0 Å². The molecular formula is C19H23NO3. The number of aliphatic hydroxyl groups excluding tert-OH is 1. The van der Waals surface area contributed by atoms with Gasteiger partial charge in [0, 0.05) is 0 Å². The van der Waals surface area contributed by atoms with Crippen LogP contribution in [0.2, 0.25) is 0 Å². The quantitative estimate of drug-likeness (QED) is 0.743. The monoisotopic (exact) mass is 313 g/mol. The molecule has 0 saturated heterocycles. The summed E-state index contributed by atoms with van der Waals surface area (Å²) in [6, 6.07) is 7.77. The van der Waals surface area contributed by atoms with Gasteiger partial charge in [-0.3, -0.25) is 0 Å². The molecule has 1 aromatic carbocycles. The van der Waals surface area contributed by atoms with Crippen LogP contribution in [0.4, 0.5) is 0 Å². The van der Waals surface area contributed by atoms with Crippen molar-refractivity contribution < 1.29 is 15.3 Å². The maximum atomic E-state index is 10.9. The Morgan fingerprint density at radius 1 is 1.22 bits per heavy atom. The molecule has 0 bridgehead atoms. The Morgan fingerprint density at radius 2 is 2.04 bits per heavy atom. The average Bonchev–Trinajstić information content (AvgIpc) is 2.78. The first-order chi connectivity index (χ1) is 11.0. The molecule has 0 amide bonds. The fourth-order valence-electron chi connectivity index (χ4n) is 5.72. The van der Waals surface area contributed by atoms with Crippen LogP contribution in [0.15, 0.2) is 18.2 Å². The molecule has 4 heteroatoms. The summed E-state index contributed by atoms with van der Waals surface area (Å²) in [6.07, 6.45) is 3.69. The molecule has 4 rings (SSSR count). The van der Waals surface area contributed by atoms with Crippen LogP contribution in [0, 0.1) is 29.1 Å². The number of aromatic hydroxyl groups is 1. The van der Waals surface area contributed by atoms with Crippen LogP contribution in [0.1, 0.15) is 49.1 Å². The van der Waals surface area contributed by atoms with Crippen LogP contribution >= 0.6 is 0 Å². The average molecular weight is 313 g/mol. The van der Waals surface area contributed by atoms with Gasteiger partial charge in [0.2, 0.25) is 0 Å². The molecule has 4 nitrogen and oxygen atoms in total. The minimum atomic E-state index is -1.22. The van der Waals surface area contributed by atoms with E-state index in [-0.39, 0.29) is 12.3 Å². The summed E-state index contributed by atoms with van der Waals surface area (Å²) in [7, 11) is 0. The SMILES string of the molecule is N#CCC1(O)C(O)CC2C3CCc4cc(O)ccc4C3CCC21. The van der Waals surface area contributed by atoms with E-state index in [1.54, 1.807) is 6.07 Å². The summed E-state index contributed by atoms with van der Waals surface area (Å²) in [6.45, 7) is 0. The number of nitrogens with zero attached hydrogens (tertiary/aromatic N) is 1. The van der Waals surface area contributed by atoms with E-state index >= 15 is 0 Å². The summed E-state index contributed by atoms with van der Waals surface area (Å²) in [5, 5.41) is 40.0. The Balaban J connectivity index is 1.66. The van der Waals surface area contributed by atoms with Gasteiger partial charge in [0.1, 0.15) is 11.4 Å². The second kappa shape index (κ2) is 5.22. The van der Waals surface area contributed by atoms with E-state index in [4.69, 9.17) is 5.26 Å². The van der Waals surface area contributed by atoms with E-state index in [0.717, 1.165) is 25.7 Å². The Kier molecular flexibility index (Phi) is 3.40. The Bertz CT molecular complexity index is 667. The van der Waals surface area contributed by atoms with Crippen molar-refractivity contribution in [2.24, 2.45) is 17.8 Å². The number of fused-ring (bicyclic) bond motifs is 5. The van der Waals surface area contributed by atoms with Gasteiger partial charge in [0.15, 0.2) is 0 Å². The van der Waals surface area contributed by atoms with Gasteiger partial charge in [-0.25, -0.2) is 0 Å². The molecule has 3 aliphatic carbocycles. The molecule has 6 unspecified atom stereocenters. The van der Waals surface area contributed by atoms with Gasteiger partial charge in [-0.15, -0.1) is 0 Å². The van der Waals surface area contributed by atoms with Gasteiger partial charge in [-0.2, -0.15) is 5.26 Å². The van der Waals surface area contributed by atoms with Crippen molar-refractivity contribution in [2.75, 3.05) is 0 Å². The van der Waals surface area contributed by atoms with Gasteiger partial charge in [0.25, 0.3) is 0 Å².